The number of benzene rings is 1. The molecule has 1 aromatic heterocycles. The maximum absolute atomic E-state index is 13.4. The van der Waals surface area contributed by atoms with Crippen LogP contribution in [-0.4, -0.2) is 9.55 Å². The molecule has 1 aromatic carbocycles. The molecule has 1 heterocycles. The van der Waals surface area contributed by atoms with Gasteiger partial charge in [0.05, 0.1) is 11.0 Å². The van der Waals surface area contributed by atoms with Gasteiger partial charge in [-0.15, -0.1) is 0 Å². The highest BCUT2D eigenvalue weighted by Crippen LogP contribution is 2.37. The Morgan fingerprint density at radius 3 is 2.89 bits per heavy atom. The zero-order valence-electron chi connectivity index (χ0n) is 10.6. The van der Waals surface area contributed by atoms with E-state index in [0.29, 0.717) is 17.9 Å². The normalized spacial score (nSPS) is 24.6. The van der Waals surface area contributed by atoms with Gasteiger partial charge in [-0.05, 0) is 37.0 Å². The first-order chi connectivity index (χ1) is 8.66. The van der Waals surface area contributed by atoms with E-state index in [1.165, 1.54) is 25.3 Å². The van der Waals surface area contributed by atoms with E-state index in [1.807, 2.05) is 4.57 Å². The number of rotatable bonds is 1. The molecule has 2 atom stereocenters. The van der Waals surface area contributed by atoms with Gasteiger partial charge in [-0.25, -0.2) is 9.37 Å². The third-order valence-electron chi connectivity index (χ3n) is 4.08. The summed E-state index contributed by atoms with van der Waals surface area (Å²) in [5.41, 5.74) is 7.64. The van der Waals surface area contributed by atoms with Gasteiger partial charge in [0.15, 0.2) is 0 Å². The van der Waals surface area contributed by atoms with Crippen molar-refractivity contribution in [2.24, 2.45) is 5.92 Å². The fourth-order valence-electron chi connectivity index (χ4n) is 3.11. The molecule has 18 heavy (non-hydrogen) atoms. The molecule has 0 radical (unpaired) electrons. The Kier molecular flexibility index (Phi) is 2.73. The van der Waals surface area contributed by atoms with E-state index in [4.69, 9.17) is 5.73 Å². The molecule has 0 bridgehead atoms. The maximum atomic E-state index is 13.4. The summed E-state index contributed by atoms with van der Waals surface area (Å²) in [5, 5.41) is 0. The van der Waals surface area contributed by atoms with Crippen LogP contribution in [0, 0.1) is 11.7 Å². The Balaban J connectivity index is 2.14. The van der Waals surface area contributed by atoms with Gasteiger partial charge in [0, 0.05) is 6.04 Å². The number of halogens is 1. The summed E-state index contributed by atoms with van der Waals surface area (Å²) in [7, 11) is 0. The zero-order valence-corrected chi connectivity index (χ0v) is 10.6. The Morgan fingerprint density at radius 1 is 1.33 bits per heavy atom. The molecule has 2 unspecified atom stereocenters. The molecular weight excluding hydrogens is 229 g/mol. The molecule has 3 rings (SSSR count). The quantitative estimate of drug-likeness (QED) is 0.838. The standard InChI is InChI=1S/C14H18FN3/c1-9-4-2-3-5-12(9)18-13-8-10(15)6-7-11(13)17-14(18)16/h6-9,12H,2-5H2,1H3,(H2,16,17). The first kappa shape index (κ1) is 11.5. The van der Waals surface area contributed by atoms with Crippen molar-refractivity contribution in [3.63, 3.8) is 0 Å². The van der Waals surface area contributed by atoms with Crippen LogP contribution in [0.4, 0.5) is 10.3 Å². The summed E-state index contributed by atoms with van der Waals surface area (Å²) in [5.74, 6) is 0.850. The van der Waals surface area contributed by atoms with E-state index < -0.39 is 0 Å². The molecule has 1 saturated carbocycles. The van der Waals surface area contributed by atoms with Crippen molar-refractivity contribution in [1.29, 1.82) is 0 Å². The van der Waals surface area contributed by atoms with Crippen molar-refractivity contribution in [3.8, 4) is 0 Å². The van der Waals surface area contributed by atoms with Crippen molar-refractivity contribution in [3.05, 3.63) is 24.0 Å². The Labute approximate surface area is 106 Å². The number of anilines is 1. The van der Waals surface area contributed by atoms with Crippen LogP contribution < -0.4 is 5.73 Å². The molecule has 96 valence electrons. The molecule has 0 amide bonds. The second-order valence-electron chi connectivity index (χ2n) is 5.30. The Hall–Kier alpha value is -1.58. The van der Waals surface area contributed by atoms with Crippen LogP contribution >= 0.6 is 0 Å². The maximum Gasteiger partial charge on any atom is 0.201 e. The second kappa shape index (κ2) is 4.26. The monoisotopic (exact) mass is 247 g/mol. The first-order valence-corrected chi connectivity index (χ1v) is 6.60. The molecule has 1 fully saturated rings. The smallest absolute Gasteiger partial charge is 0.201 e. The summed E-state index contributed by atoms with van der Waals surface area (Å²) in [6.45, 7) is 2.24. The number of nitrogens with zero attached hydrogens (tertiary/aromatic N) is 2. The molecule has 0 aliphatic heterocycles. The van der Waals surface area contributed by atoms with Crippen molar-refractivity contribution >= 4 is 17.0 Å². The van der Waals surface area contributed by atoms with E-state index in [2.05, 4.69) is 11.9 Å². The predicted octanol–water partition coefficient (Wildman–Crippen LogP) is 3.51. The van der Waals surface area contributed by atoms with Crippen LogP contribution in [0.25, 0.3) is 11.0 Å². The van der Waals surface area contributed by atoms with E-state index >= 15 is 0 Å². The van der Waals surface area contributed by atoms with Crippen LogP contribution in [0.15, 0.2) is 18.2 Å². The van der Waals surface area contributed by atoms with E-state index in [-0.39, 0.29) is 5.82 Å². The van der Waals surface area contributed by atoms with Gasteiger partial charge < -0.3 is 10.3 Å². The van der Waals surface area contributed by atoms with Crippen LogP contribution in [0.5, 0.6) is 0 Å². The van der Waals surface area contributed by atoms with Crippen LogP contribution in [0.2, 0.25) is 0 Å². The lowest BCUT2D eigenvalue weighted by Gasteiger charge is -2.30. The molecule has 3 nitrogen and oxygen atoms in total. The summed E-state index contributed by atoms with van der Waals surface area (Å²) >= 11 is 0. The summed E-state index contributed by atoms with van der Waals surface area (Å²) in [6, 6.07) is 5.03. The van der Waals surface area contributed by atoms with Crippen LogP contribution in [0.1, 0.15) is 38.6 Å². The molecule has 2 N–H and O–H groups in total. The van der Waals surface area contributed by atoms with Gasteiger partial charge >= 0.3 is 0 Å². The van der Waals surface area contributed by atoms with Gasteiger partial charge in [-0.1, -0.05) is 19.8 Å². The number of hydrogen-bond donors (Lipinski definition) is 1. The number of nitrogens with two attached hydrogens (primary N) is 1. The third kappa shape index (κ3) is 1.76. The predicted molar refractivity (Wildman–Crippen MR) is 70.8 cm³/mol. The molecule has 2 aromatic rings. The lowest BCUT2D eigenvalue weighted by atomic mass is 9.85. The molecule has 1 aliphatic carbocycles. The van der Waals surface area contributed by atoms with Crippen LogP contribution in [-0.2, 0) is 0 Å². The third-order valence-corrected chi connectivity index (χ3v) is 4.08. The highest BCUT2D eigenvalue weighted by atomic mass is 19.1. The van der Waals surface area contributed by atoms with E-state index in [0.717, 1.165) is 17.5 Å². The minimum atomic E-state index is -0.230. The number of fused-ring (bicyclic) bond motifs is 1. The van der Waals surface area contributed by atoms with Gasteiger partial charge in [0.1, 0.15) is 5.82 Å². The lowest BCUT2D eigenvalue weighted by Crippen LogP contribution is -2.22. The number of aromatic nitrogens is 2. The largest absolute Gasteiger partial charge is 0.369 e. The van der Waals surface area contributed by atoms with Gasteiger partial charge in [-0.3, -0.25) is 0 Å². The summed E-state index contributed by atoms with van der Waals surface area (Å²) < 4.78 is 15.4. The molecular formula is C14H18FN3. The topological polar surface area (TPSA) is 43.8 Å². The second-order valence-corrected chi connectivity index (χ2v) is 5.30. The van der Waals surface area contributed by atoms with Gasteiger partial charge in [0.25, 0.3) is 0 Å². The SMILES string of the molecule is CC1CCCCC1n1c(N)nc2ccc(F)cc21. The Morgan fingerprint density at radius 2 is 2.11 bits per heavy atom. The Bertz CT molecular complexity index is 576. The molecule has 1 aliphatic rings. The zero-order chi connectivity index (χ0) is 12.7. The van der Waals surface area contributed by atoms with Crippen molar-refractivity contribution in [1.82, 2.24) is 9.55 Å². The fraction of sp³-hybridized carbons (Fsp3) is 0.500. The average Bonchev–Trinajstić information content (AvgIpc) is 2.66. The van der Waals surface area contributed by atoms with Gasteiger partial charge in [-0.2, -0.15) is 0 Å². The summed E-state index contributed by atoms with van der Waals surface area (Å²) in [6.07, 6.45) is 4.80. The van der Waals surface area contributed by atoms with Crippen LogP contribution in [0.3, 0.4) is 0 Å². The lowest BCUT2D eigenvalue weighted by molar-refractivity contribution is 0.264. The van der Waals surface area contributed by atoms with Crippen molar-refractivity contribution in [2.75, 3.05) is 5.73 Å². The first-order valence-electron chi connectivity index (χ1n) is 6.60. The highest BCUT2D eigenvalue weighted by molar-refractivity contribution is 5.78. The number of hydrogen-bond acceptors (Lipinski definition) is 2. The minimum absolute atomic E-state index is 0.230. The van der Waals surface area contributed by atoms with Gasteiger partial charge in [0.2, 0.25) is 5.95 Å². The highest BCUT2D eigenvalue weighted by Gasteiger charge is 2.26. The molecule has 4 heteroatoms. The number of nitrogen functional groups attached to an aromatic ring is 1. The van der Waals surface area contributed by atoms with E-state index in [1.54, 1.807) is 12.1 Å². The van der Waals surface area contributed by atoms with Crippen molar-refractivity contribution in [2.45, 2.75) is 38.6 Å². The summed E-state index contributed by atoms with van der Waals surface area (Å²) in [4.78, 5) is 4.34. The molecule has 0 spiro atoms. The minimum Gasteiger partial charge on any atom is -0.369 e. The molecule has 0 saturated heterocycles. The van der Waals surface area contributed by atoms with E-state index in [9.17, 15) is 4.39 Å². The fourth-order valence-corrected chi connectivity index (χ4v) is 3.11. The average molecular weight is 247 g/mol. The number of imidazole rings is 1. The van der Waals surface area contributed by atoms with Crippen molar-refractivity contribution < 1.29 is 4.39 Å².